The van der Waals surface area contributed by atoms with Gasteiger partial charge in [-0.1, -0.05) is 0 Å². The van der Waals surface area contributed by atoms with Crippen molar-refractivity contribution in [1.29, 1.82) is 0 Å². The van der Waals surface area contributed by atoms with Crippen LogP contribution in [0.15, 0.2) is 22.6 Å². The molecular weight excluding hydrogens is 352 g/mol. The van der Waals surface area contributed by atoms with Crippen molar-refractivity contribution in [2.75, 3.05) is 26.6 Å². The number of amides is 1. The fourth-order valence-electron chi connectivity index (χ4n) is 3.09. The van der Waals surface area contributed by atoms with Crippen molar-refractivity contribution < 1.29 is 28.2 Å². The lowest BCUT2D eigenvalue weighted by atomic mass is 10.2. The molecule has 1 aromatic heterocycles. The van der Waals surface area contributed by atoms with Gasteiger partial charge in [-0.25, -0.2) is 4.98 Å². The molecule has 0 aliphatic carbocycles. The summed E-state index contributed by atoms with van der Waals surface area (Å²) >= 11 is 0. The first-order chi connectivity index (χ1) is 13.0. The predicted octanol–water partition coefficient (Wildman–Crippen LogP) is 2.19. The lowest BCUT2D eigenvalue weighted by Crippen LogP contribution is -2.34. The maximum atomic E-state index is 12.2. The number of nitrogens with zero attached hydrogens (tertiary/aromatic N) is 1. The minimum Gasteiger partial charge on any atom is -0.454 e. The van der Waals surface area contributed by atoms with Crippen LogP contribution in [0, 0.1) is 6.92 Å². The van der Waals surface area contributed by atoms with Gasteiger partial charge < -0.3 is 28.7 Å². The Kier molecular flexibility index (Phi) is 4.75. The number of hydrogen-bond donors (Lipinski definition) is 1. The van der Waals surface area contributed by atoms with Gasteiger partial charge in [-0.2, -0.15) is 0 Å². The van der Waals surface area contributed by atoms with E-state index < -0.39 is 5.79 Å². The number of hydrogen-bond acceptors (Lipinski definition) is 7. The summed E-state index contributed by atoms with van der Waals surface area (Å²) in [6.07, 6.45) is 0.747. The molecule has 0 saturated carbocycles. The molecule has 8 nitrogen and oxygen atoms in total. The second-order valence-corrected chi connectivity index (χ2v) is 6.70. The van der Waals surface area contributed by atoms with Crippen molar-refractivity contribution in [2.24, 2.45) is 0 Å². The number of rotatable bonds is 6. The van der Waals surface area contributed by atoms with E-state index in [1.54, 1.807) is 6.92 Å². The largest absolute Gasteiger partial charge is 0.454 e. The molecular formula is C19H22N2O6. The van der Waals surface area contributed by atoms with Gasteiger partial charge in [0.05, 0.1) is 25.3 Å². The van der Waals surface area contributed by atoms with E-state index in [0.717, 1.165) is 5.56 Å². The number of aromatic nitrogens is 1. The summed E-state index contributed by atoms with van der Waals surface area (Å²) in [5.74, 6) is 1.70. The van der Waals surface area contributed by atoms with Gasteiger partial charge >= 0.3 is 0 Å². The lowest BCUT2D eigenvalue weighted by Gasteiger charge is -2.22. The average molecular weight is 374 g/mol. The molecule has 144 valence electrons. The maximum Gasteiger partial charge on any atom is 0.231 e. The van der Waals surface area contributed by atoms with Crippen LogP contribution in [-0.2, 0) is 20.7 Å². The van der Waals surface area contributed by atoms with Gasteiger partial charge in [0.2, 0.25) is 18.6 Å². The van der Waals surface area contributed by atoms with Crippen LogP contribution in [0.1, 0.15) is 24.8 Å². The van der Waals surface area contributed by atoms with E-state index in [-0.39, 0.29) is 19.1 Å². The first-order valence-electron chi connectivity index (χ1n) is 8.93. The average Bonchev–Trinajstić information content (AvgIpc) is 3.35. The fraction of sp³-hybridized carbons (Fsp3) is 0.474. The quantitative estimate of drug-likeness (QED) is 0.828. The van der Waals surface area contributed by atoms with E-state index in [4.69, 9.17) is 23.4 Å². The van der Waals surface area contributed by atoms with Crippen LogP contribution in [0.4, 0.5) is 0 Å². The summed E-state index contributed by atoms with van der Waals surface area (Å²) in [6.45, 7) is 5.54. The second-order valence-electron chi connectivity index (χ2n) is 6.70. The molecule has 3 heterocycles. The molecule has 2 aliphatic rings. The van der Waals surface area contributed by atoms with Crippen LogP contribution >= 0.6 is 0 Å². The standard InChI is InChI=1S/C19H22N2O6/c1-12-14(10-17(22)20-6-5-19(2)25-7-8-26-19)21-18(27-12)13-3-4-15-16(9-13)24-11-23-15/h3-4,9H,5-8,10-11H2,1-2H3,(H,20,22). The summed E-state index contributed by atoms with van der Waals surface area (Å²) in [4.78, 5) is 16.7. The highest BCUT2D eigenvalue weighted by atomic mass is 16.7. The molecule has 1 aromatic carbocycles. The van der Waals surface area contributed by atoms with Crippen LogP contribution in [0.2, 0.25) is 0 Å². The van der Waals surface area contributed by atoms with Crippen LogP contribution in [-0.4, -0.2) is 43.2 Å². The van der Waals surface area contributed by atoms with Crippen molar-refractivity contribution in [1.82, 2.24) is 10.3 Å². The molecule has 2 aromatic rings. The topological polar surface area (TPSA) is 92.1 Å². The molecule has 0 radical (unpaired) electrons. The summed E-state index contributed by atoms with van der Waals surface area (Å²) in [6, 6.07) is 5.49. The first kappa shape index (κ1) is 17.8. The predicted molar refractivity (Wildman–Crippen MR) is 94.4 cm³/mol. The minimum atomic E-state index is -0.608. The number of benzene rings is 1. The Labute approximate surface area is 156 Å². The van der Waals surface area contributed by atoms with Crippen LogP contribution < -0.4 is 14.8 Å². The van der Waals surface area contributed by atoms with E-state index in [0.29, 0.717) is 55.0 Å². The highest BCUT2D eigenvalue weighted by Gasteiger charge is 2.30. The number of aryl methyl sites for hydroxylation is 1. The number of nitrogens with one attached hydrogen (secondary N) is 1. The summed E-state index contributed by atoms with van der Waals surface area (Å²) in [7, 11) is 0. The van der Waals surface area contributed by atoms with Crippen LogP contribution in [0.3, 0.4) is 0 Å². The Hall–Kier alpha value is -2.58. The Bertz CT molecular complexity index is 841. The lowest BCUT2D eigenvalue weighted by molar-refractivity contribution is -0.146. The smallest absolute Gasteiger partial charge is 0.231 e. The SMILES string of the molecule is Cc1oc(-c2ccc3c(c2)OCO3)nc1CC(=O)NCCC1(C)OCCO1. The normalized spacial score (nSPS) is 17.3. The molecule has 2 aliphatic heterocycles. The molecule has 0 spiro atoms. The molecule has 0 atom stereocenters. The van der Waals surface area contributed by atoms with Crippen molar-refractivity contribution >= 4 is 5.91 Å². The second kappa shape index (κ2) is 7.21. The zero-order valence-electron chi connectivity index (χ0n) is 15.4. The highest BCUT2D eigenvalue weighted by molar-refractivity contribution is 5.78. The Morgan fingerprint density at radius 3 is 2.81 bits per heavy atom. The van der Waals surface area contributed by atoms with Gasteiger partial charge in [-0.15, -0.1) is 0 Å². The fourth-order valence-corrected chi connectivity index (χ4v) is 3.09. The van der Waals surface area contributed by atoms with Crippen molar-refractivity contribution in [3.8, 4) is 23.0 Å². The molecule has 1 N–H and O–H groups in total. The number of carbonyl (C=O) groups excluding carboxylic acids is 1. The molecule has 0 bridgehead atoms. The monoisotopic (exact) mass is 374 g/mol. The third-order valence-electron chi connectivity index (χ3n) is 4.64. The Morgan fingerprint density at radius 2 is 2.00 bits per heavy atom. The maximum absolute atomic E-state index is 12.2. The molecule has 1 saturated heterocycles. The van der Waals surface area contributed by atoms with Crippen molar-refractivity contribution in [3.05, 3.63) is 29.7 Å². The molecule has 0 unspecified atom stereocenters. The van der Waals surface area contributed by atoms with E-state index in [1.165, 1.54) is 0 Å². The third-order valence-corrected chi connectivity index (χ3v) is 4.64. The van der Waals surface area contributed by atoms with Crippen molar-refractivity contribution in [3.63, 3.8) is 0 Å². The zero-order chi connectivity index (χ0) is 18.9. The molecule has 4 rings (SSSR count). The summed E-state index contributed by atoms with van der Waals surface area (Å²) in [5.41, 5.74) is 1.39. The third kappa shape index (κ3) is 3.91. The first-order valence-corrected chi connectivity index (χ1v) is 8.93. The van der Waals surface area contributed by atoms with Crippen molar-refractivity contribution in [2.45, 2.75) is 32.5 Å². The van der Waals surface area contributed by atoms with Gasteiger partial charge in [0.15, 0.2) is 17.3 Å². The number of fused-ring (bicyclic) bond motifs is 1. The van der Waals surface area contributed by atoms with Gasteiger partial charge in [0, 0.05) is 18.5 Å². The highest BCUT2D eigenvalue weighted by Crippen LogP contribution is 2.36. The summed E-state index contributed by atoms with van der Waals surface area (Å²) in [5, 5.41) is 2.88. The zero-order valence-corrected chi connectivity index (χ0v) is 15.4. The molecule has 27 heavy (non-hydrogen) atoms. The number of ether oxygens (including phenoxy) is 4. The van der Waals surface area contributed by atoms with Crippen LogP contribution in [0.25, 0.3) is 11.5 Å². The Balaban J connectivity index is 1.36. The number of oxazole rings is 1. The van der Waals surface area contributed by atoms with Gasteiger partial charge in [-0.3, -0.25) is 4.79 Å². The van der Waals surface area contributed by atoms with E-state index >= 15 is 0 Å². The van der Waals surface area contributed by atoms with Gasteiger partial charge in [-0.05, 0) is 32.0 Å². The summed E-state index contributed by atoms with van der Waals surface area (Å²) < 4.78 is 27.5. The van der Waals surface area contributed by atoms with Gasteiger partial charge in [0.25, 0.3) is 0 Å². The van der Waals surface area contributed by atoms with E-state index in [9.17, 15) is 4.79 Å². The molecule has 1 amide bonds. The molecule has 8 heteroatoms. The van der Waals surface area contributed by atoms with E-state index in [1.807, 2.05) is 25.1 Å². The Morgan fingerprint density at radius 1 is 1.22 bits per heavy atom. The van der Waals surface area contributed by atoms with E-state index in [2.05, 4.69) is 10.3 Å². The number of carbonyl (C=O) groups is 1. The molecule has 1 fully saturated rings. The minimum absolute atomic E-state index is 0.120. The van der Waals surface area contributed by atoms with Crippen LogP contribution in [0.5, 0.6) is 11.5 Å². The van der Waals surface area contributed by atoms with Gasteiger partial charge in [0.1, 0.15) is 5.76 Å².